The molecule has 41 heavy (non-hydrogen) atoms. The molecule has 7 heteroatoms. The first-order valence-corrected chi connectivity index (χ1v) is 20.8. The van der Waals surface area contributed by atoms with Gasteiger partial charge in [-0.3, -0.25) is 0 Å². The normalized spacial score (nSPS) is 17.9. The van der Waals surface area contributed by atoms with Crippen molar-refractivity contribution < 1.29 is 14.6 Å². The Labute approximate surface area is 262 Å². The highest BCUT2D eigenvalue weighted by atomic mass is 35.8. The molecule has 0 heterocycles. The summed E-state index contributed by atoms with van der Waals surface area (Å²) in [5.41, 5.74) is 3.53. The number of halogens is 3. The van der Waals surface area contributed by atoms with E-state index in [4.69, 9.17) is 38.0 Å². The van der Waals surface area contributed by atoms with Crippen molar-refractivity contribution in [2.24, 2.45) is 11.8 Å². The molecule has 0 amide bonds. The van der Waals surface area contributed by atoms with Crippen LogP contribution >= 0.6 is 33.2 Å². The third kappa shape index (κ3) is 13.6. The molecule has 0 aromatic heterocycles. The van der Waals surface area contributed by atoms with Gasteiger partial charge in [0.05, 0.1) is 6.61 Å². The van der Waals surface area contributed by atoms with Crippen LogP contribution in [0.25, 0.3) is 17.2 Å². The first-order chi connectivity index (χ1) is 19.7. The van der Waals surface area contributed by atoms with Gasteiger partial charge in [0.25, 0.3) is 0 Å². The first-order valence-electron chi connectivity index (χ1n) is 15.6. The van der Waals surface area contributed by atoms with Gasteiger partial charge in [0.2, 0.25) is 0 Å². The Balaban J connectivity index is 1.42. The van der Waals surface area contributed by atoms with Crippen LogP contribution in [0.3, 0.4) is 0 Å². The minimum absolute atomic E-state index is 0.426. The summed E-state index contributed by atoms with van der Waals surface area (Å²) < 4.78 is 6.16. The smallest absolute Gasteiger partial charge is 0.341 e. The van der Waals surface area contributed by atoms with Crippen molar-refractivity contribution in [3.8, 4) is 16.9 Å². The van der Waals surface area contributed by atoms with E-state index in [0.717, 1.165) is 60.6 Å². The maximum Gasteiger partial charge on any atom is 0.341 e. The summed E-state index contributed by atoms with van der Waals surface area (Å²) in [6.07, 6.45) is 18.1. The zero-order valence-corrected chi connectivity index (χ0v) is 27.8. The van der Waals surface area contributed by atoms with Crippen LogP contribution in [0.15, 0.2) is 54.1 Å². The van der Waals surface area contributed by atoms with Crippen LogP contribution in [0.4, 0.5) is 0 Å². The highest BCUT2D eigenvalue weighted by Crippen LogP contribution is 2.33. The fourth-order valence-corrected chi connectivity index (χ4v) is 7.57. The number of ether oxygens (including phenoxy) is 1. The molecule has 1 fully saturated rings. The topological polar surface area (TPSA) is 46.5 Å². The lowest BCUT2D eigenvalue weighted by Crippen LogP contribution is -2.20. The van der Waals surface area contributed by atoms with Crippen LogP contribution < -0.4 is 4.74 Å². The number of carboxylic acid groups (broad SMARTS) is 1. The van der Waals surface area contributed by atoms with Crippen LogP contribution in [-0.4, -0.2) is 23.7 Å². The highest BCUT2D eigenvalue weighted by Gasteiger charge is 2.23. The molecule has 1 N–H and O–H groups in total. The third-order valence-corrected chi connectivity index (χ3v) is 10.9. The summed E-state index contributed by atoms with van der Waals surface area (Å²) in [6, 6.07) is 14.5. The molecule has 0 atom stereocenters. The van der Waals surface area contributed by atoms with Crippen LogP contribution in [0.5, 0.6) is 5.75 Å². The summed E-state index contributed by atoms with van der Waals surface area (Å²) in [7, 11) is 0. The molecule has 1 aliphatic rings. The molecule has 0 unspecified atom stereocenters. The summed E-state index contributed by atoms with van der Waals surface area (Å²) in [4.78, 5) is 11.8. The Hall–Kier alpha value is -1.46. The Kier molecular flexibility index (Phi) is 15.2. The number of unbranched alkanes of at least 4 members (excludes halogenated alkanes) is 6. The zero-order chi connectivity index (χ0) is 29.5. The van der Waals surface area contributed by atoms with Gasteiger partial charge in [-0.15, -0.1) is 33.2 Å². The average Bonchev–Trinajstić information content (AvgIpc) is 2.96. The second-order valence-corrected chi connectivity index (χ2v) is 21.0. The number of carboxylic acids is 1. The van der Waals surface area contributed by atoms with E-state index in [0.29, 0.717) is 24.0 Å². The van der Waals surface area contributed by atoms with Crippen molar-refractivity contribution in [1.82, 2.24) is 0 Å². The van der Waals surface area contributed by atoms with E-state index in [1.165, 1.54) is 57.8 Å². The number of benzene rings is 2. The molecule has 0 saturated heterocycles. The molecule has 0 aliphatic heterocycles. The first kappa shape index (κ1) is 34.0. The largest absolute Gasteiger partial charge is 0.493 e. The second-order valence-electron chi connectivity index (χ2n) is 11.7. The third-order valence-electron chi connectivity index (χ3n) is 8.29. The fraction of sp³-hybridized carbons (Fsp3) is 0.559. The maximum atomic E-state index is 11.8. The molecule has 2 aromatic rings. The fourth-order valence-electron chi connectivity index (χ4n) is 5.71. The summed E-state index contributed by atoms with van der Waals surface area (Å²) in [5, 5.41) is 9.66. The van der Waals surface area contributed by atoms with Gasteiger partial charge in [-0.2, -0.15) is 0 Å². The Bertz CT molecular complexity index is 1060. The van der Waals surface area contributed by atoms with Gasteiger partial charge in [-0.05, 0) is 78.5 Å². The molecular weight excluding hydrogens is 591 g/mol. The standard InChI is InChI=1S/C34H47Cl3O3Si/c1-2-3-4-7-10-27-12-14-29(15-13-27)26-40-33-22-20-31(21-23-33)30-18-16-28(17-19-30)25-32(34(38)39)11-8-5-6-9-24-41(35,36)37/h16-23,25,27,29H,2-15,24,26H2,1H3,(H,38,39)/b32-25+. The molecule has 2 aromatic carbocycles. The molecule has 0 bridgehead atoms. The minimum Gasteiger partial charge on any atom is -0.493 e. The van der Waals surface area contributed by atoms with E-state index in [-0.39, 0.29) is 0 Å². The van der Waals surface area contributed by atoms with Gasteiger partial charge < -0.3 is 9.84 Å². The molecular formula is C34H47Cl3O3Si. The quantitative estimate of drug-likeness (QED) is 0.0765. The van der Waals surface area contributed by atoms with Crippen LogP contribution in [0, 0.1) is 11.8 Å². The van der Waals surface area contributed by atoms with Crippen molar-refractivity contribution in [2.45, 2.75) is 103 Å². The van der Waals surface area contributed by atoms with E-state index in [1.54, 1.807) is 6.08 Å². The Morgan fingerprint density at radius 2 is 1.41 bits per heavy atom. The average molecular weight is 638 g/mol. The number of rotatable bonds is 18. The van der Waals surface area contributed by atoms with Crippen LogP contribution in [-0.2, 0) is 4.79 Å². The van der Waals surface area contributed by atoms with E-state index < -0.39 is 12.0 Å². The molecule has 226 valence electrons. The van der Waals surface area contributed by atoms with Gasteiger partial charge in [0, 0.05) is 5.57 Å². The van der Waals surface area contributed by atoms with E-state index in [1.807, 2.05) is 24.3 Å². The van der Waals surface area contributed by atoms with E-state index in [2.05, 4.69) is 31.2 Å². The SMILES string of the molecule is CCCCCCC1CCC(COc2ccc(-c3ccc(/C=C(\CCCCCC[Si](Cl)(Cl)Cl)C(=O)O)cc3)cc2)CC1. The van der Waals surface area contributed by atoms with Gasteiger partial charge in [-0.25, -0.2) is 4.79 Å². The van der Waals surface area contributed by atoms with Crippen molar-refractivity contribution in [2.75, 3.05) is 6.61 Å². The molecule has 1 aliphatic carbocycles. The number of hydrogen-bond acceptors (Lipinski definition) is 2. The lowest BCUT2D eigenvalue weighted by molar-refractivity contribution is -0.132. The minimum atomic E-state index is -2.55. The lowest BCUT2D eigenvalue weighted by atomic mass is 9.80. The predicted octanol–water partition coefficient (Wildman–Crippen LogP) is 11.6. The predicted molar refractivity (Wildman–Crippen MR) is 178 cm³/mol. The van der Waals surface area contributed by atoms with E-state index in [9.17, 15) is 9.90 Å². The molecule has 3 rings (SSSR count). The van der Waals surface area contributed by atoms with Crippen molar-refractivity contribution in [1.29, 1.82) is 0 Å². The van der Waals surface area contributed by atoms with Crippen molar-refractivity contribution >= 4 is 51.3 Å². The van der Waals surface area contributed by atoms with Gasteiger partial charge in [0.1, 0.15) is 5.75 Å². The molecule has 0 spiro atoms. The number of aliphatic carboxylic acids is 1. The van der Waals surface area contributed by atoms with Gasteiger partial charge in [-0.1, -0.05) is 108 Å². The van der Waals surface area contributed by atoms with Crippen LogP contribution in [0.2, 0.25) is 6.04 Å². The monoisotopic (exact) mass is 636 g/mol. The van der Waals surface area contributed by atoms with Gasteiger partial charge >= 0.3 is 12.0 Å². The summed E-state index contributed by atoms with van der Waals surface area (Å²) >= 11 is 17.8. The highest BCUT2D eigenvalue weighted by molar-refractivity contribution is 7.64. The van der Waals surface area contributed by atoms with Crippen molar-refractivity contribution in [3.63, 3.8) is 0 Å². The zero-order valence-electron chi connectivity index (χ0n) is 24.6. The van der Waals surface area contributed by atoms with Crippen molar-refractivity contribution in [3.05, 3.63) is 59.7 Å². The van der Waals surface area contributed by atoms with Gasteiger partial charge in [0.15, 0.2) is 0 Å². The van der Waals surface area contributed by atoms with Crippen LogP contribution in [0.1, 0.15) is 102 Å². The summed E-state index contributed by atoms with van der Waals surface area (Å²) in [5.74, 6) is 1.66. The maximum absolute atomic E-state index is 11.8. The van der Waals surface area contributed by atoms with E-state index >= 15 is 0 Å². The molecule has 3 nitrogen and oxygen atoms in total. The Morgan fingerprint density at radius 3 is 2.02 bits per heavy atom. The second kappa shape index (κ2) is 18.3. The number of carbonyl (C=O) groups is 1. The Morgan fingerprint density at radius 1 is 0.829 bits per heavy atom. The lowest BCUT2D eigenvalue weighted by Gasteiger charge is -2.28. The summed E-state index contributed by atoms with van der Waals surface area (Å²) in [6.45, 7) is 3.09. The molecule has 0 radical (unpaired) electrons. The number of hydrogen-bond donors (Lipinski definition) is 1. The molecule has 1 saturated carbocycles.